The zero-order chi connectivity index (χ0) is 19.4. The van der Waals surface area contributed by atoms with Crippen molar-refractivity contribution in [2.75, 3.05) is 0 Å². The summed E-state index contributed by atoms with van der Waals surface area (Å²) in [5.74, 6) is -13.6. The van der Waals surface area contributed by atoms with Gasteiger partial charge < -0.3 is 9.84 Å². The second-order valence-corrected chi connectivity index (χ2v) is 5.55. The van der Waals surface area contributed by atoms with Crippen molar-refractivity contribution < 1.29 is 45.0 Å². The zero-order valence-corrected chi connectivity index (χ0v) is 12.4. The summed E-state index contributed by atoms with van der Waals surface area (Å²) in [6, 6.07) is 2.65. The second kappa shape index (κ2) is 5.83. The summed E-state index contributed by atoms with van der Waals surface area (Å²) in [6.45, 7) is 0. The molecular weight excluding hydrogens is 376 g/mol. The number of aliphatic hydroxyl groups excluding tert-OH is 1. The highest BCUT2D eigenvalue weighted by Gasteiger charge is 2.69. The Bertz CT molecular complexity index is 845. The minimum Gasteiger partial charge on any atom is -0.457 e. The topological polar surface area (TPSA) is 29.5 Å². The van der Waals surface area contributed by atoms with Gasteiger partial charge in [-0.25, -0.2) is 17.6 Å². The molecule has 0 spiro atoms. The number of alkyl halides is 6. The third-order valence-electron chi connectivity index (χ3n) is 3.90. The Morgan fingerprint density at radius 3 is 2.08 bits per heavy atom. The van der Waals surface area contributed by atoms with Crippen LogP contribution in [0.15, 0.2) is 30.3 Å². The van der Waals surface area contributed by atoms with Crippen molar-refractivity contribution in [3.63, 3.8) is 0 Å². The van der Waals surface area contributed by atoms with Gasteiger partial charge in [0, 0.05) is 29.3 Å². The zero-order valence-electron chi connectivity index (χ0n) is 12.4. The molecule has 0 aromatic heterocycles. The van der Waals surface area contributed by atoms with E-state index in [0.29, 0.717) is 30.3 Å². The van der Waals surface area contributed by atoms with Crippen LogP contribution in [-0.2, 0) is 5.92 Å². The number of hydrogen-bond acceptors (Lipinski definition) is 2. The van der Waals surface area contributed by atoms with Crippen molar-refractivity contribution in [3.05, 3.63) is 58.7 Å². The standard InChI is InChI=1S/C16H8F8O2/c17-6-3-7(18)5-8(4-6)26-10-2-1-9-11(12(10)14(19)20)13(25)16(23,24)15(9,21)22/h1-5,13-14,25H. The number of aliphatic hydroxyl groups is 1. The molecule has 0 saturated carbocycles. The van der Waals surface area contributed by atoms with Gasteiger partial charge in [0.05, 0.1) is 5.56 Å². The largest absolute Gasteiger partial charge is 0.457 e. The van der Waals surface area contributed by atoms with Gasteiger partial charge in [0.2, 0.25) is 0 Å². The molecule has 0 amide bonds. The van der Waals surface area contributed by atoms with E-state index in [1.807, 2.05) is 0 Å². The fraction of sp³-hybridized carbons (Fsp3) is 0.250. The summed E-state index contributed by atoms with van der Waals surface area (Å²) in [6.07, 6.45) is -6.79. The molecule has 0 radical (unpaired) electrons. The van der Waals surface area contributed by atoms with E-state index in [-0.39, 0.29) is 0 Å². The highest BCUT2D eigenvalue weighted by Crippen LogP contribution is 2.60. The maximum atomic E-state index is 13.8. The van der Waals surface area contributed by atoms with Crippen LogP contribution in [0.1, 0.15) is 29.2 Å². The first-order valence-electron chi connectivity index (χ1n) is 7.00. The van der Waals surface area contributed by atoms with Crippen LogP contribution < -0.4 is 4.74 Å². The van der Waals surface area contributed by atoms with E-state index in [1.54, 1.807) is 0 Å². The molecule has 140 valence electrons. The average Bonchev–Trinajstić information content (AvgIpc) is 2.64. The van der Waals surface area contributed by atoms with Crippen LogP contribution in [0.4, 0.5) is 35.1 Å². The van der Waals surface area contributed by atoms with Crippen molar-refractivity contribution in [2.24, 2.45) is 0 Å². The lowest BCUT2D eigenvalue weighted by molar-refractivity contribution is -0.246. The summed E-state index contributed by atoms with van der Waals surface area (Å²) >= 11 is 0. The Morgan fingerprint density at radius 2 is 1.54 bits per heavy atom. The molecule has 0 fully saturated rings. The highest BCUT2D eigenvalue weighted by atomic mass is 19.3. The second-order valence-electron chi connectivity index (χ2n) is 5.55. The molecule has 3 rings (SSSR count). The number of rotatable bonds is 3. The van der Waals surface area contributed by atoms with Gasteiger partial charge in [-0.1, -0.05) is 0 Å². The van der Waals surface area contributed by atoms with E-state index in [9.17, 15) is 40.2 Å². The molecule has 1 aliphatic rings. The van der Waals surface area contributed by atoms with Gasteiger partial charge in [-0.15, -0.1) is 0 Å². The fourth-order valence-electron chi connectivity index (χ4n) is 2.75. The Balaban J connectivity index is 2.17. The number of benzene rings is 2. The summed E-state index contributed by atoms with van der Waals surface area (Å²) in [7, 11) is 0. The average molecular weight is 384 g/mol. The Morgan fingerprint density at radius 1 is 0.962 bits per heavy atom. The molecule has 1 aliphatic carbocycles. The predicted octanol–water partition coefficient (Wildman–Crippen LogP) is 5.47. The molecule has 2 nitrogen and oxygen atoms in total. The van der Waals surface area contributed by atoms with Crippen LogP contribution in [0, 0.1) is 11.6 Å². The summed E-state index contributed by atoms with van der Waals surface area (Å²) in [5.41, 5.74) is -4.25. The van der Waals surface area contributed by atoms with Crippen molar-refractivity contribution >= 4 is 0 Å². The molecule has 1 atom stereocenters. The lowest BCUT2D eigenvalue weighted by atomic mass is 10.0. The lowest BCUT2D eigenvalue weighted by Gasteiger charge is -2.21. The van der Waals surface area contributed by atoms with Gasteiger partial charge >= 0.3 is 11.8 Å². The van der Waals surface area contributed by atoms with E-state index in [4.69, 9.17) is 4.74 Å². The molecule has 0 heterocycles. The summed E-state index contributed by atoms with van der Waals surface area (Å²) in [4.78, 5) is 0. The summed E-state index contributed by atoms with van der Waals surface area (Å²) in [5, 5.41) is 9.51. The third kappa shape index (κ3) is 2.59. The van der Waals surface area contributed by atoms with Gasteiger partial charge in [-0.05, 0) is 12.1 Å². The van der Waals surface area contributed by atoms with Crippen LogP contribution in [0.25, 0.3) is 0 Å². The van der Waals surface area contributed by atoms with Crippen LogP contribution >= 0.6 is 0 Å². The number of ether oxygens (including phenoxy) is 1. The molecule has 26 heavy (non-hydrogen) atoms. The molecular formula is C16H8F8O2. The Hall–Kier alpha value is -2.36. The monoisotopic (exact) mass is 384 g/mol. The Labute approximate surface area is 140 Å². The summed E-state index contributed by atoms with van der Waals surface area (Å²) < 4.78 is 113. The third-order valence-corrected chi connectivity index (χ3v) is 3.90. The van der Waals surface area contributed by atoms with Gasteiger partial charge in [0.25, 0.3) is 6.43 Å². The minimum absolute atomic E-state index is 0.399. The van der Waals surface area contributed by atoms with Crippen LogP contribution in [0.3, 0.4) is 0 Å². The quantitative estimate of drug-likeness (QED) is 0.712. The lowest BCUT2D eigenvalue weighted by Crippen LogP contribution is -2.36. The number of fused-ring (bicyclic) bond motifs is 1. The normalized spacial score (nSPS) is 20.3. The SMILES string of the molecule is OC1c2c(ccc(Oc3cc(F)cc(F)c3)c2C(F)F)C(F)(F)C1(F)F. The molecule has 2 aromatic carbocycles. The van der Waals surface area contributed by atoms with E-state index in [1.165, 1.54) is 0 Å². The molecule has 1 unspecified atom stereocenters. The number of halogens is 8. The van der Waals surface area contributed by atoms with Crippen molar-refractivity contribution in [1.82, 2.24) is 0 Å². The van der Waals surface area contributed by atoms with E-state index < -0.39 is 64.2 Å². The molecule has 0 aliphatic heterocycles. The van der Waals surface area contributed by atoms with E-state index in [0.717, 1.165) is 0 Å². The molecule has 10 heteroatoms. The van der Waals surface area contributed by atoms with Crippen LogP contribution in [-0.4, -0.2) is 11.0 Å². The maximum absolute atomic E-state index is 13.8. The highest BCUT2D eigenvalue weighted by molar-refractivity contribution is 5.54. The van der Waals surface area contributed by atoms with Crippen molar-refractivity contribution in [2.45, 2.75) is 24.4 Å². The first kappa shape index (κ1) is 18.4. The van der Waals surface area contributed by atoms with Crippen LogP contribution in [0.2, 0.25) is 0 Å². The first-order valence-corrected chi connectivity index (χ1v) is 7.00. The minimum atomic E-state index is -5.01. The predicted molar refractivity (Wildman–Crippen MR) is 71.6 cm³/mol. The fourth-order valence-corrected chi connectivity index (χ4v) is 2.75. The van der Waals surface area contributed by atoms with E-state index >= 15 is 0 Å². The van der Waals surface area contributed by atoms with Crippen LogP contribution in [0.5, 0.6) is 11.5 Å². The first-order chi connectivity index (χ1) is 12.0. The van der Waals surface area contributed by atoms with Crippen molar-refractivity contribution in [3.8, 4) is 11.5 Å². The van der Waals surface area contributed by atoms with Gasteiger partial charge in [-0.2, -0.15) is 17.6 Å². The molecule has 0 saturated heterocycles. The maximum Gasteiger partial charge on any atom is 0.343 e. The van der Waals surface area contributed by atoms with Gasteiger partial charge in [-0.3, -0.25) is 0 Å². The molecule has 1 N–H and O–H groups in total. The van der Waals surface area contributed by atoms with Gasteiger partial charge in [0.15, 0.2) is 6.10 Å². The molecule has 0 bridgehead atoms. The Kier molecular flexibility index (Phi) is 4.13. The van der Waals surface area contributed by atoms with Crippen molar-refractivity contribution in [1.29, 1.82) is 0 Å². The number of hydrogen-bond donors (Lipinski definition) is 1. The molecule has 2 aromatic rings. The van der Waals surface area contributed by atoms with E-state index in [2.05, 4.69) is 0 Å². The van der Waals surface area contributed by atoms with Gasteiger partial charge in [0.1, 0.15) is 23.1 Å². The smallest absolute Gasteiger partial charge is 0.343 e.